The van der Waals surface area contributed by atoms with Gasteiger partial charge >= 0.3 is 5.69 Å². The number of hydrogen-bond acceptors (Lipinski definition) is 7. The number of para-hydroxylation sites is 2. The van der Waals surface area contributed by atoms with Gasteiger partial charge in [-0.1, -0.05) is 130 Å². The van der Waals surface area contributed by atoms with Crippen molar-refractivity contribution in [3.8, 4) is 11.6 Å². The number of carbonyl (C=O) groups is 1. The van der Waals surface area contributed by atoms with Crippen LogP contribution in [0.3, 0.4) is 0 Å². The predicted octanol–water partition coefficient (Wildman–Crippen LogP) is 8.98. The van der Waals surface area contributed by atoms with Crippen LogP contribution >= 0.6 is 23.2 Å². The van der Waals surface area contributed by atoms with Gasteiger partial charge in [0, 0.05) is 24.8 Å². The number of fused-ring (bicyclic) bond motifs is 1. The molecule has 0 saturated heterocycles. The highest BCUT2D eigenvalue weighted by Gasteiger charge is 2.34. The van der Waals surface area contributed by atoms with Crippen LogP contribution in [0.2, 0.25) is 10.0 Å². The highest BCUT2D eigenvalue weighted by molar-refractivity contribution is 6.38. The number of nitrogens with one attached hydrogen (secondary N) is 1. The van der Waals surface area contributed by atoms with Crippen molar-refractivity contribution in [1.82, 2.24) is 18.7 Å². The molecule has 2 heterocycles. The van der Waals surface area contributed by atoms with Gasteiger partial charge in [0.15, 0.2) is 6.04 Å². The zero-order valence-electron chi connectivity index (χ0n) is 31.6. The third-order valence-electron chi connectivity index (χ3n) is 9.60. The van der Waals surface area contributed by atoms with E-state index in [0.29, 0.717) is 31.1 Å². The molecule has 2 N–H and O–H groups in total. The molecule has 1 unspecified atom stereocenters. The summed E-state index contributed by atoms with van der Waals surface area (Å²) >= 11 is 12.9. The minimum absolute atomic E-state index is 0.0925. The quantitative estimate of drug-likeness (QED) is 0.0670. The summed E-state index contributed by atoms with van der Waals surface area (Å²) in [6, 6.07) is 17.3. The number of carbonyl (C=O) groups excluding carboxylic acids is 1. The van der Waals surface area contributed by atoms with Crippen molar-refractivity contribution in [2.75, 3.05) is 25.6 Å². The highest BCUT2D eigenvalue weighted by atomic mass is 35.5. The van der Waals surface area contributed by atoms with Crippen LogP contribution in [0.5, 0.6) is 11.6 Å². The summed E-state index contributed by atoms with van der Waals surface area (Å²) < 4.78 is 15.0. The number of anilines is 1. The number of benzene rings is 3. The molecular formula is C42H51Cl2N5O6. The first-order valence-corrected chi connectivity index (χ1v) is 19.9. The van der Waals surface area contributed by atoms with E-state index in [9.17, 15) is 19.5 Å². The summed E-state index contributed by atoms with van der Waals surface area (Å²) in [6.07, 6.45) is 13.9. The maximum atomic E-state index is 14.5. The van der Waals surface area contributed by atoms with E-state index in [4.69, 9.17) is 37.7 Å². The summed E-state index contributed by atoms with van der Waals surface area (Å²) in [6.45, 7) is 3.41. The number of aromatic hydroxyl groups is 1. The topological polar surface area (TPSA) is 130 Å². The van der Waals surface area contributed by atoms with Crippen LogP contribution in [0, 0.1) is 0 Å². The number of imidazole rings is 1. The number of amides is 1. The van der Waals surface area contributed by atoms with E-state index in [1.165, 1.54) is 85.9 Å². The van der Waals surface area contributed by atoms with Crippen LogP contribution in [0.1, 0.15) is 95.0 Å². The lowest BCUT2D eigenvalue weighted by Gasteiger charge is -2.23. The fraction of sp³-hybridized carbons (Fsp3) is 0.429. The van der Waals surface area contributed by atoms with E-state index in [-0.39, 0.29) is 39.9 Å². The van der Waals surface area contributed by atoms with E-state index >= 15 is 0 Å². The maximum Gasteiger partial charge on any atom is 0.332 e. The number of methoxy groups -OCH3 is 1. The van der Waals surface area contributed by atoms with Crippen molar-refractivity contribution in [3.63, 3.8) is 0 Å². The highest BCUT2D eigenvalue weighted by Crippen LogP contribution is 2.30. The van der Waals surface area contributed by atoms with Crippen LogP contribution in [-0.2, 0) is 22.6 Å². The molecule has 0 aliphatic carbocycles. The number of unbranched alkanes of at least 4 members (excludes halogenated alkanes) is 9. The number of nitrogens with zero attached hydrogens (tertiary/aromatic N) is 4. The Labute approximate surface area is 331 Å². The number of hydrogen-bond donors (Lipinski definition) is 2. The minimum atomic E-state index is -1.62. The largest absolute Gasteiger partial charge is 0.495 e. The smallest absolute Gasteiger partial charge is 0.332 e. The SMILES string of the molecule is CCCCCCCCCCCCOCCCn1c(C(C(=O)Nc2ccccc2OC)n2c(O)cn(Cc3ccccc3)c2=O)nc2c(Cl)cc(Cl)cc2c1=O. The van der Waals surface area contributed by atoms with Crippen LogP contribution in [0.4, 0.5) is 5.69 Å². The van der Waals surface area contributed by atoms with Crippen molar-refractivity contribution in [3.05, 3.63) is 115 Å². The molecule has 0 radical (unpaired) electrons. The van der Waals surface area contributed by atoms with E-state index in [1.54, 1.807) is 24.3 Å². The minimum Gasteiger partial charge on any atom is -0.495 e. The molecule has 5 aromatic rings. The molecule has 3 aromatic carbocycles. The fourth-order valence-electron chi connectivity index (χ4n) is 6.74. The van der Waals surface area contributed by atoms with E-state index in [0.717, 1.165) is 23.0 Å². The Balaban J connectivity index is 1.44. The van der Waals surface area contributed by atoms with Crippen LogP contribution < -0.4 is 21.3 Å². The molecule has 5 rings (SSSR count). The van der Waals surface area contributed by atoms with Gasteiger partial charge in [-0.15, -0.1) is 0 Å². The molecule has 55 heavy (non-hydrogen) atoms. The summed E-state index contributed by atoms with van der Waals surface area (Å²) in [4.78, 5) is 47.7. The lowest BCUT2D eigenvalue weighted by molar-refractivity contribution is -0.118. The first-order valence-electron chi connectivity index (χ1n) is 19.2. The lowest BCUT2D eigenvalue weighted by Crippen LogP contribution is -2.39. The Morgan fingerprint density at radius 3 is 2.24 bits per heavy atom. The normalized spacial score (nSPS) is 11.9. The van der Waals surface area contributed by atoms with Crippen LogP contribution in [0.25, 0.3) is 10.9 Å². The van der Waals surface area contributed by atoms with Gasteiger partial charge in [0.2, 0.25) is 5.88 Å². The van der Waals surface area contributed by atoms with Gasteiger partial charge in [0.05, 0.1) is 41.5 Å². The van der Waals surface area contributed by atoms with Crippen molar-refractivity contribution < 1.29 is 19.4 Å². The Hall–Kier alpha value is -4.58. The average Bonchev–Trinajstić information content (AvgIpc) is 3.44. The van der Waals surface area contributed by atoms with Crippen LogP contribution in [0.15, 0.2) is 82.5 Å². The lowest BCUT2D eigenvalue weighted by atomic mass is 10.1. The molecule has 0 spiro atoms. The first kappa shape index (κ1) is 41.6. The zero-order chi connectivity index (χ0) is 39.2. The third-order valence-corrected chi connectivity index (χ3v) is 10.1. The second-order valence-electron chi connectivity index (χ2n) is 13.7. The zero-order valence-corrected chi connectivity index (χ0v) is 33.2. The van der Waals surface area contributed by atoms with E-state index < -0.39 is 29.1 Å². The van der Waals surface area contributed by atoms with Crippen LogP contribution in [-0.4, -0.2) is 50.0 Å². The molecule has 0 aliphatic heterocycles. The summed E-state index contributed by atoms with van der Waals surface area (Å²) in [5, 5.41) is 14.7. The third kappa shape index (κ3) is 11.0. The second-order valence-corrected chi connectivity index (χ2v) is 14.5. The summed E-state index contributed by atoms with van der Waals surface area (Å²) in [5.41, 5.74) is 0.0240. The van der Waals surface area contributed by atoms with Gasteiger partial charge in [-0.25, -0.2) is 14.3 Å². The Bertz CT molecular complexity index is 2130. The molecule has 1 atom stereocenters. The summed E-state index contributed by atoms with van der Waals surface area (Å²) in [5.74, 6) is -0.974. The van der Waals surface area contributed by atoms with Crippen molar-refractivity contribution in [1.29, 1.82) is 0 Å². The first-order chi connectivity index (χ1) is 26.7. The van der Waals surface area contributed by atoms with Crippen molar-refractivity contribution >= 4 is 45.7 Å². The molecule has 0 saturated carbocycles. The molecule has 13 heteroatoms. The molecule has 11 nitrogen and oxygen atoms in total. The van der Waals surface area contributed by atoms with E-state index in [2.05, 4.69) is 12.2 Å². The van der Waals surface area contributed by atoms with Gasteiger partial charge in [0.1, 0.15) is 11.6 Å². The Kier molecular flexibility index (Phi) is 15.8. The standard InChI is InChI=1S/C42H51Cl2N5O6/c1-3-4-5-6-7-8-9-10-11-17-24-55-25-18-23-48-39(46-37-32(41(48)52)26-31(43)27-33(37)44)38(40(51)45-34-21-15-16-22-35(34)54-2)49-36(50)29-47(42(49)53)28-30-19-13-12-14-20-30/h12-16,19-22,26-27,29,38,50H,3-11,17-18,23-25,28H2,1-2H3,(H,45,51). The predicted molar refractivity (Wildman–Crippen MR) is 219 cm³/mol. The van der Waals surface area contributed by atoms with Gasteiger partial charge in [-0.3, -0.25) is 18.7 Å². The molecule has 1 amide bonds. The van der Waals surface area contributed by atoms with Gasteiger partial charge in [0.25, 0.3) is 11.5 Å². The molecule has 0 bridgehead atoms. The second kappa shape index (κ2) is 20.9. The number of ether oxygens (including phenoxy) is 2. The van der Waals surface area contributed by atoms with Gasteiger partial charge in [-0.2, -0.15) is 0 Å². The monoisotopic (exact) mass is 791 g/mol. The average molecular weight is 793 g/mol. The molecule has 0 aliphatic rings. The van der Waals surface area contributed by atoms with Gasteiger partial charge < -0.3 is 19.9 Å². The van der Waals surface area contributed by atoms with E-state index in [1.807, 2.05) is 30.3 Å². The maximum absolute atomic E-state index is 14.5. The molecular weight excluding hydrogens is 741 g/mol. The number of rotatable bonds is 22. The number of aromatic nitrogens is 4. The molecule has 294 valence electrons. The number of halogens is 2. The Morgan fingerprint density at radius 1 is 0.873 bits per heavy atom. The van der Waals surface area contributed by atoms with Crippen molar-refractivity contribution in [2.24, 2.45) is 0 Å². The van der Waals surface area contributed by atoms with Crippen molar-refractivity contribution in [2.45, 2.75) is 96.7 Å². The fourth-order valence-corrected chi connectivity index (χ4v) is 7.27. The summed E-state index contributed by atoms with van der Waals surface area (Å²) in [7, 11) is 1.47. The molecule has 0 fully saturated rings. The Morgan fingerprint density at radius 2 is 1.53 bits per heavy atom. The van der Waals surface area contributed by atoms with Gasteiger partial charge in [-0.05, 0) is 42.7 Å². The molecule has 2 aromatic heterocycles.